The van der Waals surface area contributed by atoms with E-state index in [4.69, 9.17) is 5.73 Å². The molecule has 0 aromatic carbocycles. The van der Waals surface area contributed by atoms with E-state index in [9.17, 15) is 0 Å². The number of rotatable bonds is 4. The Morgan fingerprint density at radius 1 is 1.50 bits per heavy atom. The summed E-state index contributed by atoms with van der Waals surface area (Å²) in [6.07, 6.45) is 2.78. The molecule has 1 heterocycles. The second kappa shape index (κ2) is 4.52. The molecule has 0 fully saturated rings. The van der Waals surface area contributed by atoms with Crippen LogP contribution in [0.2, 0.25) is 0 Å². The maximum atomic E-state index is 5.79. The van der Waals surface area contributed by atoms with E-state index in [1.807, 2.05) is 0 Å². The van der Waals surface area contributed by atoms with Gasteiger partial charge in [0.15, 0.2) is 0 Å². The van der Waals surface area contributed by atoms with E-state index in [0.717, 1.165) is 30.1 Å². The molecule has 0 aliphatic heterocycles. The first-order valence-corrected chi connectivity index (χ1v) is 5.10. The zero-order valence-corrected chi connectivity index (χ0v) is 8.40. The van der Waals surface area contributed by atoms with Crippen LogP contribution in [0.15, 0.2) is 0 Å². The van der Waals surface area contributed by atoms with E-state index in [0.29, 0.717) is 0 Å². The molecule has 12 heavy (non-hydrogen) atoms. The van der Waals surface area contributed by atoms with Gasteiger partial charge >= 0.3 is 0 Å². The van der Waals surface area contributed by atoms with E-state index in [1.54, 1.807) is 0 Å². The zero-order chi connectivity index (χ0) is 8.97. The number of aryl methyl sites for hydroxylation is 1. The van der Waals surface area contributed by atoms with Crippen LogP contribution in [0, 0.1) is 0 Å². The lowest BCUT2D eigenvalue weighted by molar-refractivity contribution is 0.643. The van der Waals surface area contributed by atoms with Crippen LogP contribution in [0.25, 0.3) is 0 Å². The van der Waals surface area contributed by atoms with Gasteiger partial charge in [-0.1, -0.05) is 13.8 Å². The summed E-state index contributed by atoms with van der Waals surface area (Å²) in [4.78, 5) is 4.34. The van der Waals surface area contributed by atoms with Crippen LogP contribution in [-0.2, 0) is 12.8 Å². The van der Waals surface area contributed by atoms with Crippen molar-refractivity contribution in [2.45, 2.75) is 39.2 Å². The van der Waals surface area contributed by atoms with E-state index in [-0.39, 0.29) is 6.04 Å². The summed E-state index contributed by atoms with van der Waals surface area (Å²) < 4.78 is 4.20. The van der Waals surface area contributed by atoms with Crippen LogP contribution in [-0.4, -0.2) is 15.4 Å². The van der Waals surface area contributed by atoms with Crippen molar-refractivity contribution < 1.29 is 0 Å². The lowest BCUT2D eigenvalue weighted by Gasteiger charge is -2.03. The predicted octanol–water partition coefficient (Wildman–Crippen LogP) is 1.38. The van der Waals surface area contributed by atoms with Crippen molar-refractivity contribution in [3.8, 4) is 0 Å². The van der Waals surface area contributed by atoms with Gasteiger partial charge in [0, 0.05) is 18.9 Å². The Hall–Kier alpha value is -0.480. The van der Waals surface area contributed by atoms with Crippen molar-refractivity contribution in [3.05, 3.63) is 10.8 Å². The molecule has 1 unspecified atom stereocenters. The second-order valence-corrected chi connectivity index (χ2v) is 3.67. The highest BCUT2D eigenvalue weighted by Crippen LogP contribution is 2.08. The third kappa shape index (κ3) is 2.53. The number of hydrogen-bond donors (Lipinski definition) is 1. The van der Waals surface area contributed by atoms with E-state index in [1.165, 1.54) is 11.5 Å². The minimum Gasteiger partial charge on any atom is -0.327 e. The summed E-state index contributed by atoms with van der Waals surface area (Å²) in [5, 5.41) is 1.07. The SMILES string of the molecule is CCc1nsc(CC(N)CC)n1. The molecule has 0 aliphatic rings. The molecule has 1 aromatic heterocycles. The van der Waals surface area contributed by atoms with E-state index < -0.39 is 0 Å². The maximum Gasteiger partial charge on any atom is 0.142 e. The molecule has 0 radical (unpaired) electrons. The van der Waals surface area contributed by atoms with Crippen LogP contribution in [0.4, 0.5) is 0 Å². The molecular weight excluding hydrogens is 170 g/mol. The fourth-order valence-electron chi connectivity index (χ4n) is 0.885. The average molecular weight is 185 g/mol. The van der Waals surface area contributed by atoms with E-state index >= 15 is 0 Å². The summed E-state index contributed by atoms with van der Waals surface area (Å²) >= 11 is 1.48. The summed E-state index contributed by atoms with van der Waals surface area (Å²) in [5.74, 6) is 0.943. The Bertz CT molecular complexity index is 234. The summed E-state index contributed by atoms with van der Waals surface area (Å²) in [6, 6.07) is 0.239. The van der Waals surface area contributed by atoms with Crippen LogP contribution >= 0.6 is 11.5 Å². The first-order chi connectivity index (χ1) is 5.76. The first-order valence-electron chi connectivity index (χ1n) is 4.33. The molecule has 1 rings (SSSR count). The van der Waals surface area contributed by atoms with Gasteiger partial charge in [-0.05, 0) is 18.0 Å². The largest absolute Gasteiger partial charge is 0.327 e. The van der Waals surface area contributed by atoms with E-state index in [2.05, 4.69) is 23.2 Å². The predicted molar refractivity (Wildman–Crippen MR) is 51.3 cm³/mol. The number of aromatic nitrogens is 2. The quantitative estimate of drug-likeness (QED) is 0.771. The molecule has 1 atom stereocenters. The molecule has 4 heteroatoms. The van der Waals surface area contributed by atoms with Crippen molar-refractivity contribution in [1.82, 2.24) is 9.36 Å². The van der Waals surface area contributed by atoms with Gasteiger partial charge in [-0.2, -0.15) is 4.37 Å². The monoisotopic (exact) mass is 185 g/mol. The smallest absolute Gasteiger partial charge is 0.142 e. The van der Waals surface area contributed by atoms with Gasteiger partial charge in [-0.3, -0.25) is 0 Å². The Morgan fingerprint density at radius 3 is 2.75 bits per heavy atom. The van der Waals surface area contributed by atoms with Crippen molar-refractivity contribution >= 4 is 11.5 Å². The van der Waals surface area contributed by atoms with Crippen LogP contribution in [0.5, 0.6) is 0 Å². The Labute approximate surface area is 77.2 Å². The highest BCUT2D eigenvalue weighted by atomic mass is 32.1. The number of nitrogens with two attached hydrogens (primary N) is 1. The molecule has 0 saturated carbocycles. The van der Waals surface area contributed by atoms with Gasteiger partial charge in [0.2, 0.25) is 0 Å². The lowest BCUT2D eigenvalue weighted by Crippen LogP contribution is -2.21. The summed E-state index contributed by atoms with van der Waals surface area (Å²) in [6.45, 7) is 4.15. The lowest BCUT2D eigenvalue weighted by atomic mass is 10.2. The first kappa shape index (κ1) is 9.61. The molecule has 0 spiro atoms. The Morgan fingerprint density at radius 2 is 2.25 bits per heavy atom. The van der Waals surface area contributed by atoms with Gasteiger partial charge in [0.1, 0.15) is 10.8 Å². The third-order valence-electron chi connectivity index (χ3n) is 1.79. The fourth-order valence-corrected chi connectivity index (χ4v) is 1.70. The molecule has 1 aromatic rings. The normalized spacial score (nSPS) is 13.2. The van der Waals surface area contributed by atoms with Crippen molar-refractivity contribution in [2.24, 2.45) is 5.73 Å². The average Bonchev–Trinajstić information content (AvgIpc) is 2.52. The van der Waals surface area contributed by atoms with Gasteiger partial charge < -0.3 is 5.73 Å². The highest BCUT2D eigenvalue weighted by molar-refractivity contribution is 7.05. The topological polar surface area (TPSA) is 51.8 Å². The molecule has 0 aliphatic carbocycles. The third-order valence-corrected chi connectivity index (χ3v) is 2.56. The second-order valence-electron chi connectivity index (χ2n) is 2.83. The molecule has 68 valence electrons. The zero-order valence-electron chi connectivity index (χ0n) is 7.58. The summed E-state index contributed by atoms with van der Waals surface area (Å²) in [5.41, 5.74) is 5.79. The highest BCUT2D eigenvalue weighted by Gasteiger charge is 2.06. The van der Waals surface area contributed by atoms with Crippen LogP contribution in [0.1, 0.15) is 31.1 Å². The number of nitrogens with zero attached hydrogens (tertiary/aromatic N) is 2. The van der Waals surface area contributed by atoms with Crippen LogP contribution < -0.4 is 5.73 Å². The minimum atomic E-state index is 0.239. The molecule has 0 amide bonds. The molecule has 0 saturated heterocycles. The van der Waals surface area contributed by atoms with Gasteiger partial charge in [0.25, 0.3) is 0 Å². The molecule has 0 bridgehead atoms. The van der Waals surface area contributed by atoms with Crippen molar-refractivity contribution in [1.29, 1.82) is 0 Å². The summed E-state index contributed by atoms with van der Waals surface area (Å²) in [7, 11) is 0. The van der Waals surface area contributed by atoms with Crippen molar-refractivity contribution in [3.63, 3.8) is 0 Å². The van der Waals surface area contributed by atoms with Gasteiger partial charge in [-0.25, -0.2) is 4.98 Å². The molecular formula is C8H15N3S. The van der Waals surface area contributed by atoms with Crippen LogP contribution in [0.3, 0.4) is 0 Å². The minimum absolute atomic E-state index is 0.239. The fraction of sp³-hybridized carbons (Fsp3) is 0.750. The molecule has 2 N–H and O–H groups in total. The standard InChI is InChI=1S/C8H15N3S/c1-3-6(9)5-8-10-7(4-2)11-12-8/h6H,3-5,9H2,1-2H3. The number of hydrogen-bond acceptors (Lipinski definition) is 4. The Balaban J connectivity index is 2.52. The Kier molecular flexibility index (Phi) is 3.62. The maximum absolute atomic E-state index is 5.79. The van der Waals surface area contributed by atoms with Crippen molar-refractivity contribution in [2.75, 3.05) is 0 Å². The van der Waals surface area contributed by atoms with Gasteiger partial charge in [0.05, 0.1) is 0 Å². The van der Waals surface area contributed by atoms with Gasteiger partial charge in [-0.15, -0.1) is 0 Å². The molecule has 3 nitrogen and oxygen atoms in total.